The topological polar surface area (TPSA) is 56.0 Å². The standard InChI is InChI=1S/C15H13N5S/c1-3-11-9(2)21-15-12(11)14-18-13(19-20(14)8-17-15)10-4-6-16-7-5-10/h4-8H,3H2,1-2H3. The van der Waals surface area contributed by atoms with E-state index in [1.54, 1.807) is 34.6 Å². The van der Waals surface area contributed by atoms with Gasteiger partial charge in [-0.25, -0.2) is 14.5 Å². The van der Waals surface area contributed by atoms with Gasteiger partial charge in [-0.05, 0) is 31.0 Å². The highest BCUT2D eigenvalue weighted by Crippen LogP contribution is 2.32. The Labute approximate surface area is 125 Å². The molecule has 4 heterocycles. The van der Waals surface area contributed by atoms with Gasteiger partial charge in [0.25, 0.3) is 0 Å². The van der Waals surface area contributed by atoms with Gasteiger partial charge in [-0.1, -0.05) is 6.92 Å². The fraction of sp³-hybridized carbons (Fsp3) is 0.200. The van der Waals surface area contributed by atoms with Crippen LogP contribution in [-0.4, -0.2) is 24.6 Å². The molecule has 0 spiro atoms. The maximum Gasteiger partial charge on any atom is 0.182 e. The molecule has 0 aliphatic carbocycles. The lowest BCUT2D eigenvalue weighted by molar-refractivity contribution is 0.938. The molecule has 104 valence electrons. The number of aryl methyl sites for hydroxylation is 2. The summed E-state index contributed by atoms with van der Waals surface area (Å²) in [6, 6.07) is 3.83. The number of pyridine rings is 1. The lowest BCUT2D eigenvalue weighted by Crippen LogP contribution is -1.91. The second-order valence-corrected chi connectivity index (χ2v) is 6.06. The molecule has 0 N–H and O–H groups in total. The summed E-state index contributed by atoms with van der Waals surface area (Å²) >= 11 is 1.72. The SMILES string of the molecule is CCc1c(C)sc2ncn3nc(-c4ccncc4)nc3c12. The van der Waals surface area contributed by atoms with Gasteiger partial charge in [0.15, 0.2) is 11.5 Å². The first kappa shape index (κ1) is 12.4. The zero-order valence-electron chi connectivity index (χ0n) is 11.7. The summed E-state index contributed by atoms with van der Waals surface area (Å²) in [6.07, 6.45) is 6.22. The van der Waals surface area contributed by atoms with Crippen LogP contribution < -0.4 is 0 Å². The van der Waals surface area contributed by atoms with Crippen molar-refractivity contribution in [1.29, 1.82) is 0 Å². The number of hydrogen-bond donors (Lipinski definition) is 0. The molecule has 0 radical (unpaired) electrons. The molecule has 4 aromatic rings. The average molecular weight is 295 g/mol. The van der Waals surface area contributed by atoms with Gasteiger partial charge in [-0.15, -0.1) is 16.4 Å². The Balaban J connectivity index is 2.05. The van der Waals surface area contributed by atoms with E-state index in [9.17, 15) is 0 Å². The highest BCUT2D eigenvalue weighted by Gasteiger charge is 2.16. The third-order valence-electron chi connectivity index (χ3n) is 3.62. The zero-order valence-corrected chi connectivity index (χ0v) is 12.6. The summed E-state index contributed by atoms with van der Waals surface area (Å²) in [5.74, 6) is 0.706. The van der Waals surface area contributed by atoms with Crippen LogP contribution in [0.1, 0.15) is 17.4 Å². The molecular weight excluding hydrogens is 282 g/mol. The predicted octanol–water partition coefficient (Wildman–Crippen LogP) is 3.27. The van der Waals surface area contributed by atoms with Crippen LogP contribution in [0.5, 0.6) is 0 Å². The van der Waals surface area contributed by atoms with Crippen molar-refractivity contribution in [3.63, 3.8) is 0 Å². The van der Waals surface area contributed by atoms with Crippen molar-refractivity contribution in [2.45, 2.75) is 20.3 Å². The minimum atomic E-state index is 0.706. The molecule has 0 amide bonds. The van der Waals surface area contributed by atoms with E-state index in [1.165, 1.54) is 10.4 Å². The Morgan fingerprint density at radius 2 is 2.05 bits per heavy atom. The Morgan fingerprint density at radius 1 is 1.24 bits per heavy atom. The molecule has 0 atom stereocenters. The summed E-state index contributed by atoms with van der Waals surface area (Å²) in [4.78, 5) is 15.6. The van der Waals surface area contributed by atoms with Crippen LogP contribution in [0.25, 0.3) is 27.3 Å². The largest absolute Gasteiger partial charge is 0.265 e. The van der Waals surface area contributed by atoms with Crippen molar-refractivity contribution in [3.8, 4) is 11.4 Å². The molecule has 0 bridgehead atoms. The van der Waals surface area contributed by atoms with Crippen LogP contribution >= 0.6 is 11.3 Å². The second-order valence-electron chi connectivity index (χ2n) is 4.85. The first-order valence-corrected chi connectivity index (χ1v) is 7.63. The summed E-state index contributed by atoms with van der Waals surface area (Å²) in [6.45, 7) is 4.31. The first-order valence-electron chi connectivity index (χ1n) is 6.81. The van der Waals surface area contributed by atoms with Gasteiger partial charge in [0.2, 0.25) is 0 Å². The van der Waals surface area contributed by atoms with Gasteiger partial charge in [-0.3, -0.25) is 4.98 Å². The monoisotopic (exact) mass is 295 g/mol. The number of rotatable bonds is 2. The molecule has 0 fully saturated rings. The molecule has 0 aliphatic heterocycles. The minimum absolute atomic E-state index is 0.706. The lowest BCUT2D eigenvalue weighted by Gasteiger charge is -1.96. The Hall–Kier alpha value is -2.34. The normalized spacial score (nSPS) is 11.5. The molecule has 4 aromatic heterocycles. The van der Waals surface area contributed by atoms with Crippen molar-refractivity contribution in [2.24, 2.45) is 0 Å². The smallest absolute Gasteiger partial charge is 0.182 e. The maximum atomic E-state index is 4.72. The molecule has 4 rings (SSSR count). The van der Waals surface area contributed by atoms with Crippen LogP contribution in [0, 0.1) is 6.92 Å². The van der Waals surface area contributed by atoms with E-state index in [-0.39, 0.29) is 0 Å². The van der Waals surface area contributed by atoms with Crippen LogP contribution in [0.15, 0.2) is 30.9 Å². The molecule has 0 saturated carbocycles. The minimum Gasteiger partial charge on any atom is -0.265 e. The van der Waals surface area contributed by atoms with Crippen molar-refractivity contribution >= 4 is 27.2 Å². The summed E-state index contributed by atoms with van der Waals surface area (Å²) in [5, 5.41) is 5.67. The first-order chi connectivity index (χ1) is 10.3. The van der Waals surface area contributed by atoms with E-state index in [0.29, 0.717) is 5.82 Å². The molecule has 0 unspecified atom stereocenters. The van der Waals surface area contributed by atoms with Crippen molar-refractivity contribution in [1.82, 2.24) is 24.6 Å². The van der Waals surface area contributed by atoms with E-state index in [1.807, 2.05) is 12.1 Å². The highest BCUT2D eigenvalue weighted by atomic mass is 32.1. The molecular formula is C15H13N5S. The zero-order chi connectivity index (χ0) is 14.4. The Bertz CT molecular complexity index is 939. The van der Waals surface area contributed by atoms with Crippen LogP contribution in [0.3, 0.4) is 0 Å². The van der Waals surface area contributed by atoms with E-state index in [4.69, 9.17) is 4.98 Å². The van der Waals surface area contributed by atoms with Crippen molar-refractivity contribution < 1.29 is 0 Å². The molecule has 6 heteroatoms. The number of nitrogens with zero attached hydrogens (tertiary/aromatic N) is 5. The quantitative estimate of drug-likeness (QED) is 0.569. The Morgan fingerprint density at radius 3 is 2.81 bits per heavy atom. The van der Waals surface area contributed by atoms with Crippen LogP contribution in [0.2, 0.25) is 0 Å². The number of hydrogen-bond acceptors (Lipinski definition) is 5. The molecule has 0 saturated heterocycles. The molecule has 0 aromatic carbocycles. The fourth-order valence-corrected chi connectivity index (χ4v) is 3.69. The van der Waals surface area contributed by atoms with E-state index in [0.717, 1.165) is 27.8 Å². The van der Waals surface area contributed by atoms with Gasteiger partial charge in [-0.2, -0.15) is 0 Å². The van der Waals surface area contributed by atoms with E-state index in [2.05, 4.69) is 28.9 Å². The predicted molar refractivity (Wildman–Crippen MR) is 83.5 cm³/mol. The summed E-state index contributed by atoms with van der Waals surface area (Å²) < 4.78 is 1.77. The van der Waals surface area contributed by atoms with Crippen molar-refractivity contribution in [3.05, 3.63) is 41.3 Å². The molecule has 5 nitrogen and oxygen atoms in total. The van der Waals surface area contributed by atoms with Crippen LogP contribution in [-0.2, 0) is 6.42 Å². The average Bonchev–Trinajstić information content (AvgIpc) is 3.07. The third-order valence-corrected chi connectivity index (χ3v) is 4.68. The number of aromatic nitrogens is 5. The Kier molecular flexibility index (Phi) is 2.71. The summed E-state index contributed by atoms with van der Waals surface area (Å²) in [5.41, 5.74) is 3.17. The van der Waals surface area contributed by atoms with Crippen molar-refractivity contribution in [2.75, 3.05) is 0 Å². The molecule has 0 aliphatic rings. The van der Waals surface area contributed by atoms with Gasteiger partial charge in [0, 0.05) is 22.8 Å². The lowest BCUT2D eigenvalue weighted by atomic mass is 10.1. The number of thiophene rings is 1. The van der Waals surface area contributed by atoms with Gasteiger partial charge < -0.3 is 0 Å². The van der Waals surface area contributed by atoms with Gasteiger partial charge in [0.1, 0.15) is 11.2 Å². The van der Waals surface area contributed by atoms with E-state index >= 15 is 0 Å². The maximum absolute atomic E-state index is 4.72. The van der Waals surface area contributed by atoms with E-state index < -0.39 is 0 Å². The third kappa shape index (κ3) is 1.83. The molecule has 21 heavy (non-hydrogen) atoms. The summed E-state index contributed by atoms with van der Waals surface area (Å²) in [7, 11) is 0. The second kappa shape index (κ2) is 4.60. The van der Waals surface area contributed by atoms with Crippen LogP contribution in [0.4, 0.5) is 0 Å². The highest BCUT2D eigenvalue weighted by molar-refractivity contribution is 7.18. The van der Waals surface area contributed by atoms with Gasteiger partial charge in [0.05, 0.1) is 5.39 Å². The number of fused-ring (bicyclic) bond motifs is 3. The van der Waals surface area contributed by atoms with Gasteiger partial charge >= 0.3 is 0 Å². The fourth-order valence-electron chi connectivity index (χ4n) is 2.61.